The Bertz CT molecular complexity index is 1070. The molecule has 1 fully saturated rings. The number of amides is 1. The van der Waals surface area contributed by atoms with Gasteiger partial charge in [0.15, 0.2) is 0 Å². The molecule has 1 aliphatic rings. The molecule has 178 valence electrons. The normalized spacial score (nSPS) is 15.3. The number of carbonyl (C=O) groups is 1. The van der Waals surface area contributed by atoms with Crippen molar-refractivity contribution in [2.24, 2.45) is 5.92 Å². The fourth-order valence-corrected chi connectivity index (χ4v) is 4.70. The van der Waals surface area contributed by atoms with E-state index >= 15 is 0 Å². The zero-order chi connectivity index (χ0) is 24.0. The van der Waals surface area contributed by atoms with Gasteiger partial charge in [-0.2, -0.15) is 4.72 Å². The SMILES string of the molecule is CC(C)CC(NS(=O)(=O)c1ccc([N+](=O)[O-])cc1)C(=O)Nc1ccc(N2CCOCC2)cc1. The van der Waals surface area contributed by atoms with E-state index in [4.69, 9.17) is 4.74 Å². The average Bonchev–Trinajstić information content (AvgIpc) is 2.79. The lowest BCUT2D eigenvalue weighted by molar-refractivity contribution is -0.384. The van der Waals surface area contributed by atoms with Gasteiger partial charge >= 0.3 is 0 Å². The Morgan fingerprint density at radius 2 is 1.70 bits per heavy atom. The van der Waals surface area contributed by atoms with Crippen LogP contribution in [0.5, 0.6) is 0 Å². The van der Waals surface area contributed by atoms with Crippen molar-refractivity contribution in [2.45, 2.75) is 31.2 Å². The van der Waals surface area contributed by atoms with Gasteiger partial charge < -0.3 is 15.0 Å². The first-order valence-corrected chi connectivity index (χ1v) is 12.1. The average molecular weight is 477 g/mol. The van der Waals surface area contributed by atoms with Crippen LogP contribution in [-0.4, -0.2) is 51.6 Å². The van der Waals surface area contributed by atoms with Crippen molar-refractivity contribution >= 4 is 33.0 Å². The molecular weight excluding hydrogens is 448 g/mol. The summed E-state index contributed by atoms with van der Waals surface area (Å²) in [5.74, 6) is -0.433. The van der Waals surface area contributed by atoms with Crippen molar-refractivity contribution in [1.82, 2.24) is 4.72 Å². The first kappa shape index (κ1) is 24.6. The van der Waals surface area contributed by atoms with E-state index in [-0.39, 0.29) is 22.9 Å². The third-order valence-electron chi connectivity index (χ3n) is 5.19. The van der Waals surface area contributed by atoms with Gasteiger partial charge in [0.1, 0.15) is 6.04 Å². The van der Waals surface area contributed by atoms with E-state index < -0.39 is 26.9 Å². The number of carbonyl (C=O) groups excluding carboxylic acids is 1. The number of nitro benzene ring substituents is 1. The maximum absolute atomic E-state index is 12.9. The van der Waals surface area contributed by atoms with Crippen molar-refractivity contribution < 1.29 is 22.9 Å². The number of benzene rings is 2. The molecule has 0 aromatic heterocycles. The molecule has 10 nitrogen and oxygen atoms in total. The van der Waals surface area contributed by atoms with E-state index in [1.165, 1.54) is 0 Å². The van der Waals surface area contributed by atoms with Crippen LogP contribution < -0.4 is 14.9 Å². The smallest absolute Gasteiger partial charge is 0.269 e. The zero-order valence-electron chi connectivity index (χ0n) is 18.6. The van der Waals surface area contributed by atoms with Crippen molar-refractivity contribution in [3.63, 3.8) is 0 Å². The van der Waals surface area contributed by atoms with Gasteiger partial charge in [-0.1, -0.05) is 13.8 Å². The lowest BCUT2D eigenvalue weighted by Gasteiger charge is -2.29. The van der Waals surface area contributed by atoms with Crippen molar-refractivity contribution in [3.8, 4) is 0 Å². The van der Waals surface area contributed by atoms with Crippen LogP contribution in [0.4, 0.5) is 17.1 Å². The van der Waals surface area contributed by atoms with Gasteiger partial charge in [0.25, 0.3) is 5.69 Å². The molecule has 1 amide bonds. The van der Waals surface area contributed by atoms with Crippen LogP contribution in [0.3, 0.4) is 0 Å². The van der Waals surface area contributed by atoms with Crippen molar-refractivity contribution in [2.75, 3.05) is 36.5 Å². The molecule has 0 radical (unpaired) electrons. The largest absolute Gasteiger partial charge is 0.378 e. The maximum Gasteiger partial charge on any atom is 0.269 e. The summed E-state index contributed by atoms with van der Waals surface area (Å²) in [7, 11) is -4.06. The number of non-ortho nitro benzene ring substituents is 1. The summed E-state index contributed by atoms with van der Waals surface area (Å²) in [5.41, 5.74) is 1.36. The van der Waals surface area contributed by atoms with Crippen molar-refractivity contribution in [3.05, 3.63) is 58.6 Å². The van der Waals surface area contributed by atoms with Crippen LogP contribution in [0.25, 0.3) is 0 Å². The zero-order valence-corrected chi connectivity index (χ0v) is 19.4. The highest BCUT2D eigenvalue weighted by atomic mass is 32.2. The molecule has 1 atom stereocenters. The molecule has 1 saturated heterocycles. The Morgan fingerprint density at radius 3 is 2.24 bits per heavy atom. The number of rotatable bonds is 9. The van der Waals surface area contributed by atoms with E-state index in [0.717, 1.165) is 43.0 Å². The minimum absolute atomic E-state index is 0.0454. The quantitative estimate of drug-likeness (QED) is 0.420. The van der Waals surface area contributed by atoms with E-state index in [1.54, 1.807) is 12.1 Å². The molecule has 0 bridgehead atoms. The van der Waals surface area contributed by atoms with E-state index in [0.29, 0.717) is 18.9 Å². The number of anilines is 2. The summed E-state index contributed by atoms with van der Waals surface area (Å²) in [6.45, 7) is 6.71. The fraction of sp³-hybridized carbons (Fsp3) is 0.409. The fourth-order valence-electron chi connectivity index (χ4n) is 3.49. The minimum atomic E-state index is -4.06. The van der Waals surface area contributed by atoms with Gasteiger partial charge in [0, 0.05) is 36.6 Å². The summed E-state index contributed by atoms with van der Waals surface area (Å²) < 4.78 is 33.4. The van der Waals surface area contributed by atoms with Crippen LogP contribution in [0.15, 0.2) is 53.4 Å². The molecule has 1 aliphatic heterocycles. The highest BCUT2D eigenvalue weighted by molar-refractivity contribution is 7.89. The molecule has 0 aliphatic carbocycles. The molecule has 33 heavy (non-hydrogen) atoms. The number of morpholine rings is 1. The van der Waals surface area contributed by atoms with Crippen LogP contribution >= 0.6 is 0 Å². The molecule has 2 N–H and O–H groups in total. The first-order valence-electron chi connectivity index (χ1n) is 10.7. The Labute approximate surface area is 193 Å². The molecule has 2 aromatic carbocycles. The summed E-state index contributed by atoms with van der Waals surface area (Å²) in [4.78, 5) is 25.2. The number of nitro groups is 1. The van der Waals surface area contributed by atoms with Gasteiger partial charge in [0.05, 0.1) is 23.0 Å². The van der Waals surface area contributed by atoms with Crippen LogP contribution in [0.2, 0.25) is 0 Å². The lowest BCUT2D eigenvalue weighted by atomic mass is 10.0. The molecule has 0 spiro atoms. The highest BCUT2D eigenvalue weighted by Gasteiger charge is 2.27. The second-order valence-electron chi connectivity index (χ2n) is 8.19. The Kier molecular flexibility index (Phi) is 8.01. The lowest BCUT2D eigenvalue weighted by Crippen LogP contribution is -2.44. The van der Waals surface area contributed by atoms with E-state index in [1.807, 2.05) is 26.0 Å². The van der Waals surface area contributed by atoms with Gasteiger partial charge in [-0.3, -0.25) is 14.9 Å². The standard InChI is InChI=1S/C22H28N4O6S/c1-16(2)15-21(24-33(30,31)20-9-7-19(8-10-20)26(28)29)22(27)23-17-3-5-18(6-4-17)25-11-13-32-14-12-25/h3-10,16,21,24H,11-15H2,1-2H3,(H,23,27). The predicted octanol–water partition coefficient (Wildman–Crippen LogP) is 2.76. The second kappa shape index (κ2) is 10.7. The number of nitrogens with one attached hydrogen (secondary N) is 2. The third kappa shape index (κ3) is 6.73. The number of sulfonamides is 1. The molecule has 3 rings (SSSR count). The van der Waals surface area contributed by atoms with Crippen LogP contribution in [-0.2, 0) is 19.6 Å². The van der Waals surface area contributed by atoms with E-state index in [2.05, 4.69) is 14.9 Å². The first-order chi connectivity index (χ1) is 15.7. The summed E-state index contributed by atoms with van der Waals surface area (Å²) in [6, 6.07) is 10.9. The maximum atomic E-state index is 12.9. The molecular formula is C22H28N4O6S. The summed E-state index contributed by atoms with van der Waals surface area (Å²) in [6.07, 6.45) is 0.282. The third-order valence-corrected chi connectivity index (χ3v) is 6.68. The summed E-state index contributed by atoms with van der Waals surface area (Å²) in [5, 5.41) is 13.6. The van der Waals surface area contributed by atoms with Gasteiger partial charge in [0.2, 0.25) is 15.9 Å². The van der Waals surface area contributed by atoms with E-state index in [9.17, 15) is 23.3 Å². The Balaban J connectivity index is 1.70. The number of hydrogen-bond acceptors (Lipinski definition) is 7. The predicted molar refractivity (Wildman–Crippen MR) is 125 cm³/mol. The van der Waals surface area contributed by atoms with Gasteiger partial charge in [-0.25, -0.2) is 8.42 Å². The van der Waals surface area contributed by atoms with Crippen molar-refractivity contribution in [1.29, 1.82) is 0 Å². The topological polar surface area (TPSA) is 131 Å². The van der Waals surface area contributed by atoms with Gasteiger partial charge in [-0.15, -0.1) is 0 Å². The van der Waals surface area contributed by atoms with Crippen LogP contribution in [0, 0.1) is 16.0 Å². The highest BCUT2D eigenvalue weighted by Crippen LogP contribution is 2.21. The molecule has 0 saturated carbocycles. The number of hydrogen-bond donors (Lipinski definition) is 2. The number of ether oxygens (including phenoxy) is 1. The molecule has 2 aromatic rings. The second-order valence-corrected chi connectivity index (χ2v) is 9.90. The van der Waals surface area contributed by atoms with Crippen LogP contribution in [0.1, 0.15) is 20.3 Å². The Hall–Kier alpha value is -3.02. The molecule has 1 unspecified atom stereocenters. The Morgan fingerprint density at radius 1 is 1.09 bits per heavy atom. The minimum Gasteiger partial charge on any atom is -0.378 e. The molecule has 11 heteroatoms. The summed E-state index contributed by atoms with van der Waals surface area (Å²) >= 11 is 0. The monoisotopic (exact) mass is 476 g/mol. The number of nitrogens with zero attached hydrogens (tertiary/aromatic N) is 2. The van der Waals surface area contributed by atoms with Gasteiger partial charge in [-0.05, 0) is 48.7 Å². The molecule has 1 heterocycles.